The van der Waals surface area contributed by atoms with Gasteiger partial charge in [0, 0.05) is 13.0 Å². The van der Waals surface area contributed by atoms with E-state index in [1.807, 2.05) is 6.92 Å². The van der Waals surface area contributed by atoms with Crippen LogP contribution in [0, 0.1) is 11.3 Å². The van der Waals surface area contributed by atoms with Crippen molar-refractivity contribution in [3.8, 4) is 0 Å². The van der Waals surface area contributed by atoms with Crippen molar-refractivity contribution >= 4 is 11.9 Å². The molecule has 0 aromatic heterocycles. The van der Waals surface area contributed by atoms with Gasteiger partial charge in [-0.1, -0.05) is 6.92 Å². The molecule has 0 saturated heterocycles. The number of rotatable bonds is 8. The lowest BCUT2D eigenvalue weighted by molar-refractivity contribution is -0.156. The molecule has 5 heteroatoms. The first-order chi connectivity index (χ1) is 7.85. The highest BCUT2D eigenvalue weighted by Crippen LogP contribution is 2.28. The van der Waals surface area contributed by atoms with Crippen LogP contribution in [0.15, 0.2) is 0 Å². The number of hydrogen-bond acceptors (Lipinski definition) is 4. The predicted octanol–water partition coefficient (Wildman–Crippen LogP) is 1.10. The Hall–Kier alpha value is -1.10. The van der Waals surface area contributed by atoms with Crippen molar-refractivity contribution in [1.29, 1.82) is 0 Å². The fourth-order valence-corrected chi connectivity index (χ4v) is 1.56. The van der Waals surface area contributed by atoms with Gasteiger partial charge in [0.1, 0.15) is 6.61 Å². The number of carbonyl (C=O) groups excluding carboxylic acids is 2. The van der Waals surface area contributed by atoms with Gasteiger partial charge in [0.25, 0.3) is 0 Å². The fraction of sp³-hybridized carbons (Fsp3) is 0.833. The van der Waals surface area contributed by atoms with Gasteiger partial charge in [0.15, 0.2) is 0 Å². The monoisotopic (exact) mass is 245 g/mol. The lowest BCUT2D eigenvalue weighted by Crippen LogP contribution is -2.34. The van der Waals surface area contributed by atoms with E-state index in [0.717, 1.165) is 0 Å². The van der Waals surface area contributed by atoms with E-state index >= 15 is 0 Å². The van der Waals surface area contributed by atoms with E-state index in [9.17, 15) is 9.59 Å². The van der Waals surface area contributed by atoms with Gasteiger partial charge in [-0.25, -0.2) is 0 Å². The van der Waals surface area contributed by atoms with E-state index in [1.165, 1.54) is 0 Å². The molecular formula is C12H23NO4. The molecule has 2 N–H and O–H groups in total. The first-order valence-corrected chi connectivity index (χ1v) is 5.80. The Morgan fingerprint density at radius 1 is 1.29 bits per heavy atom. The fourth-order valence-electron chi connectivity index (χ4n) is 1.56. The van der Waals surface area contributed by atoms with Crippen LogP contribution in [-0.4, -0.2) is 32.2 Å². The quantitative estimate of drug-likeness (QED) is 0.513. The van der Waals surface area contributed by atoms with Crippen LogP contribution in [0.25, 0.3) is 0 Å². The molecule has 0 aliphatic rings. The molecule has 1 unspecified atom stereocenters. The average Bonchev–Trinajstić information content (AvgIpc) is 2.25. The maximum absolute atomic E-state index is 11.8. The van der Waals surface area contributed by atoms with E-state index in [4.69, 9.17) is 15.2 Å². The number of methoxy groups -OCH3 is 1. The molecule has 0 aliphatic carbocycles. The van der Waals surface area contributed by atoms with Gasteiger partial charge >= 0.3 is 5.97 Å². The molecule has 0 spiro atoms. The van der Waals surface area contributed by atoms with Gasteiger partial charge in [0.05, 0.1) is 12.0 Å². The smallest absolute Gasteiger partial charge is 0.311 e. The lowest BCUT2D eigenvalue weighted by Gasteiger charge is -2.25. The highest BCUT2D eigenvalue weighted by Gasteiger charge is 2.33. The van der Waals surface area contributed by atoms with Gasteiger partial charge in [-0.15, -0.1) is 0 Å². The van der Waals surface area contributed by atoms with Crippen LogP contribution in [0.2, 0.25) is 0 Å². The Labute approximate surface area is 103 Å². The molecule has 0 aromatic carbocycles. The van der Waals surface area contributed by atoms with Crippen molar-refractivity contribution in [3.05, 3.63) is 0 Å². The van der Waals surface area contributed by atoms with Crippen molar-refractivity contribution in [2.24, 2.45) is 17.1 Å². The zero-order valence-corrected chi connectivity index (χ0v) is 11.1. The molecule has 0 rings (SSSR count). The summed E-state index contributed by atoms with van der Waals surface area (Å²) in [5.74, 6) is -0.987. The summed E-state index contributed by atoms with van der Waals surface area (Å²) >= 11 is 0. The van der Waals surface area contributed by atoms with Crippen LogP contribution in [-0.2, 0) is 19.1 Å². The molecule has 0 saturated carbocycles. The molecular weight excluding hydrogens is 222 g/mol. The Bertz CT molecular complexity index is 263. The van der Waals surface area contributed by atoms with Gasteiger partial charge in [-0.3, -0.25) is 9.59 Å². The minimum absolute atomic E-state index is 0.228. The third kappa shape index (κ3) is 5.68. The standard InChI is InChI=1S/C12H23NO4/c1-5-9(10(13)14)8-12(2,3)11(15)17-7-6-16-4/h9H,5-8H2,1-4H3,(H2,13,14). The second kappa shape index (κ2) is 7.27. The van der Waals surface area contributed by atoms with Crippen molar-refractivity contribution in [2.75, 3.05) is 20.3 Å². The molecule has 1 atom stereocenters. The number of carbonyl (C=O) groups is 2. The summed E-state index contributed by atoms with van der Waals surface area (Å²) in [4.78, 5) is 22.9. The van der Waals surface area contributed by atoms with Crippen LogP contribution < -0.4 is 5.73 Å². The molecule has 17 heavy (non-hydrogen) atoms. The van der Waals surface area contributed by atoms with E-state index < -0.39 is 5.41 Å². The first-order valence-electron chi connectivity index (χ1n) is 5.80. The molecule has 0 bridgehead atoms. The number of esters is 1. The Morgan fingerprint density at radius 3 is 2.29 bits per heavy atom. The zero-order valence-electron chi connectivity index (χ0n) is 11.1. The van der Waals surface area contributed by atoms with Crippen molar-refractivity contribution < 1.29 is 19.1 Å². The molecule has 1 amide bonds. The third-order valence-electron chi connectivity index (χ3n) is 2.73. The Kier molecular flexibility index (Phi) is 6.80. The minimum Gasteiger partial charge on any atom is -0.463 e. The summed E-state index contributed by atoms with van der Waals surface area (Å²) in [7, 11) is 1.54. The molecule has 0 aliphatic heterocycles. The maximum Gasteiger partial charge on any atom is 0.311 e. The van der Waals surface area contributed by atoms with Gasteiger partial charge in [-0.2, -0.15) is 0 Å². The number of ether oxygens (including phenoxy) is 2. The average molecular weight is 245 g/mol. The summed E-state index contributed by atoms with van der Waals surface area (Å²) in [5, 5.41) is 0. The number of hydrogen-bond donors (Lipinski definition) is 1. The number of nitrogens with two attached hydrogens (primary N) is 1. The zero-order chi connectivity index (χ0) is 13.5. The first kappa shape index (κ1) is 15.9. The summed E-state index contributed by atoms with van der Waals surface area (Å²) in [5.41, 5.74) is 4.56. The molecule has 0 heterocycles. The largest absolute Gasteiger partial charge is 0.463 e. The van der Waals surface area contributed by atoms with E-state index in [0.29, 0.717) is 19.4 Å². The van der Waals surface area contributed by atoms with Crippen molar-refractivity contribution in [1.82, 2.24) is 0 Å². The normalized spacial score (nSPS) is 13.2. The van der Waals surface area contributed by atoms with E-state index in [1.54, 1.807) is 21.0 Å². The predicted molar refractivity (Wildman–Crippen MR) is 64.2 cm³/mol. The minimum atomic E-state index is -0.705. The summed E-state index contributed by atoms with van der Waals surface area (Å²) < 4.78 is 9.85. The van der Waals surface area contributed by atoms with Crippen LogP contribution in [0.3, 0.4) is 0 Å². The highest BCUT2D eigenvalue weighted by atomic mass is 16.6. The molecule has 100 valence electrons. The summed E-state index contributed by atoms with van der Waals surface area (Å²) in [6.07, 6.45) is 1.04. The second-order valence-electron chi connectivity index (χ2n) is 4.72. The number of primary amides is 1. The highest BCUT2D eigenvalue weighted by molar-refractivity contribution is 5.80. The lowest BCUT2D eigenvalue weighted by atomic mass is 9.81. The van der Waals surface area contributed by atoms with E-state index in [-0.39, 0.29) is 24.4 Å². The maximum atomic E-state index is 11.8. The van der Waals surface area contributed by atoms with Crippen LogP contribution in [0.4, 0.5) is 0 Å². The third-order valence-corrected chi connectivity index (χ3v) is 2.73. The number of amides is 1. The van der Waals surface area contributed by atoms with Crippen LogP contribution >= 0.6 is 0 Å². The van der Waals surface area contributed by atoms with Gasteiger partial charge < -0.3 is 15.2 Å². The SMILES string of the molecule is CCC(CC(C)(C)C(=O)OCCOC)C(N)=O. The molecule has 0 fully saturated rings. The van der Waals surface area contributed by atoms with Crippen LogP contribution in [0.5, 0.6) is 0 Å². The Morgan fingerprint density at radius 2 is 1.88 bits per heavy atom. The van der Waals surface area contributed by atoms with Gasteiger partial charge in [-0.05, 0) is 26.7 Å². The van der Waals surface area contributed by atoms with Crippen molar-refractivity contribution in [2.45, 2.75) is 33.6 Å². The topological polar surface area (TPSA) is 78.6 Å². The molecule has 0 radical (unpaired) electrons. The van der Waals surface area contributed by atoms with Gasteiger partial charge in [0.2, 0.25) is 5.91 Å². The van der Waals surface area contributed by atoms with E-state index in [2.05, 4.69) is 0 Å². The summed E-state index contributed by atoms with van der Waals surface area (Å²) in [6.45, 7) is 5.99. The molecule has 5 nitrogen and oxygen atoms in total. The summed E-state index contributed by atoms with van der Waals surface area (Å²) in [6, 6.07) is 0. The Balaban J connectivity index is 4.33. The van der Waals surface area contributed by atoms with Crippen molar-refractivity contribution in [3.63, 3.8) is 0 Å². The second-order valence-corrected chi connectivity index (χ2v) is 4.72. The molecule has 0 aromatic rings. The van der Waals surface area contributed by atoms with Crippen LogP contribution in [0.1, 0.15) is 33.6 Å².